The number of benzene rings is 5. The topological polar surface area (TPSA) is 39.4 Å². The molecule has 5 heteroatoms. The predicted octanol–water partition coefficient (Wildman–Crippen LogP) is 13.4. The molecule has 55 heavy (non-hydrogen) atoms. The Morgan fingerprint density at radius 3 is 1.96 bits per heavy atom. The van der Waals surface area contributed by atoms with Crippen LogP contribution < -0.4 is 4.74 Å². The third-order valence-electron chi connectivity index (χ3n) is 10.9. The number of hydrogen-bond acceptors (Lipinski definition) is 4. The summed E-state index contributed by atoms with van der Waals surface area (Å²) in [6.07, 6.45) is 1.94. The van der Waals surface area contributed by atoms with Gasteiger partial charge in [0, 0.05) is 40.3 Å². The number of hydrogen-bond donors (Lipinski definition) is 0. The molecule has 5 aromatic carbocycles. The van der Waals surface area contributed by atoms with Crippen molar-refractivity contribution in [3.8, 4) is 17.3 Å². The molecule has 278 valence electrons. The van der Waals surface area contributed by atoms with E-state index in [4.69, 9.17) is 14.7 Å². The number of rotatable bonds is 8. The van der Waals surface area contributed by atoms with Gasteiger partial charge in [0.05, 0.1) is 22.1 Å². The Bertz CT molecular complexity index is 2480. The molecule has 8 rings (SSSR count). The van der Waals surface area contributed by atoms with Gasteiger partial charge in [-0.05, 0) is 99.2 Å². The van der Waals surface area contributed by atoms with Gasteiger partial charge in [-0.3, -0.25) is 9.56 Å². The number of aromatic nitrogens is 2. The van der Waals surface area contributed by atoms with E-state index >= 15 is 0 Å². The lowest BCUT2D eigenvalue weighted by Crippen LogP contribution is -2.18. The maximum atomic E-state index is 6.84. The van der Waals surface area contributed by atoms with Gasteiger partial charge < -0.3 is 4.74 Å². The van der Waals surface area contributed by atoms with E-state index in [0.29, 0.717) is 5.92 Å². The third-order valence-corrected chi connectivity index (χ3v) is 12.0. The van der Waals surface area contributed by atoms with Crippen LogP contribution in [0.25, 0.3) is 27.6 Å². The molecule has 1 aliphatic rings. The molecule has 2 aromatic heterocycles. The van der Waals surface area contributed by atoms with Crippen molar-refractivity contribution in [1.29, 1.82) is 0 Å². The monoisotopic (exact) mass is 741 g/mol. The Morgan fingerprint density at radius 1 is 0.636 bits per heavy atom. The van der Waals surface area contributed by atoms with Gasteiger partial charge in [-0.2, -0.15) is 0 Å². The second-order valence-corrected chi connectivity index (χ2v) is 18.3. The number of ether oxygens (including phenoxy) is 1. The van der Waals surface area contributed by atoms with Crippen LogP contribution in [-0.2, 0) is 10.8 Å². The minimum Gasteiger partial charge on any atom is -0.457 e. The van der Waals surface area contributed by atoms with E-state index < -0.39 is 0 Å². The number of thioether (sulfide) groups is 1. The van der Waals surface area contributed by atoms with E-state index in [0.717, 1.165) is 44.7 Å². The van der Waals surface area contributed by atoms with E-state index in [1.54, 1.807) is 0 Å². The molecule has 7 aromatic rings. The second kappa shape index (κ2) is 14.5. The molecule has 0 aliphatic carbocycles. The standard InChI is InChI=1S/C50H51N3OS/c1-32(2)35-25-36(48-52-43(31-55-48)47(33-15-11-9-12-16-33)34-17-13-10-14-18-34)27-40(26-35)54-39-20-21-41-42-28-37(49(3,4)5)19-22-44(42)53(45(41)30-39)46-29-38(23-24-51-46)50(6,7)8/h9-30,32,43,47H,31H2,1-8H3/t43-/m0/s1. The van der Waals surface area contributed by atoms with Crippen molar-refractivity contribution >= 4 is 38.6 Å². The summed E-state index contributed by atoms with van der Waals surface area (Å²) in [5.74, 6) is 3.96. The van der Waals surface area contributed by atoms with Crippen LogP contribution >= 0.6 is 11.8 Å². The van der Waals surface area contributed by atoms with Crippen LogP contribution in [0.1, 0.15) is 101 Å². The summed E-state index contributed by atoms with van der Waals surface area (Å²) < 4.78 is 9.14. The molecule has 4 nitrogen and oxygen atoms in total. The minimum atomic E-state index is -0.00477. The molecule has 0 fully saturated rings. The van der Waals surface area contributed by atoms with E-state index in [1.165, 1.54) is 38.6 Å². The molecular weight excluding hydrogens is 691 g/mol. The van der Waals surface area contributed by atoms with Crippen LogP contribution in [0.3, 0.4) is 0 Å². The molecular formula is C50H51N3OS. The number of nitrogens with zero attached hydrogens (tertiary/aromatic N) is 3. The first-order valence-corrected chi connectivity index (χ1v) is 20.5. The highest BCUT2D eigenvalue weighted by atomic mass is 32.2. The van der Waals surface area contributed by atoms with Gasteiger partial charge in [0.1, 0.15) is 17.3 Å². The van der Waals surface area contributed by atoms with Crippen LogP contribution in [0, 0.1) is 0 Å². The molecule has 0 N–H and O–H groups in total. The summed E-state index contributed by atoms with van der Waals surface area (Å²) in [5.41, 5.74) is 9.73. The lowest BCUT2D eigenvalue weighted by molar-refractivity contribution is 0.482. The van der Waals surface area contributed by atoms with Crippen LogP contribution in [0.15, 0.2) is 139 Å². The average molecular weight is 742 g/mol. The van der Waals surface area contributed by atoms with Gasteiger partial charge in [-0.1, -0.05) is 122 Å². The molecule has 1 atom stereocenters. The zero-order valence-electron chi connectivity index (χ0n) is 33.3. The highest BCUT2D eigenvalue weighted by Crippen LogP contribution is 2.40. The molecule has 3 heterocycles. The van der Waals surface area contributed by atoms with E-state index in [1.807, 2.05) is 18.0 Å². The molecule has 0 saturated carbocycles. The predicted molar refractivity (Wildman–Crippen MR) is 234 cm³/mol. The summed E-state index contributed by atoms with van der Waals surface area (Å²) in [6.45, 7) is 18.0. The fourth-order valence-electron chi connectivity index (χ4n) is 7.73. The number of aliphatic imine (C=N–C) groups is 1. The third kappa shape index (κ3) is 7.47. The number of pyridine rings is 1. The first-order chi connectivity index (χ1) is 26.3. The van der Waals surface area contributed by atoms with E-state index in [9.17, 15) is 0 Å². The summed E-state index contributed by atoms with van der Waals surface area (Å²) >= 11 is 1.85. The lowest BCUT2D eigenvalue weighted by atomic mass is 9.86. The summed E-state index contributed by atoms with van der Waals surface area (Å²) in [6, 6.07) is 46.2. The molecule has 0 unspecified atom stereocenters. The molecule has 0 amide bonds. The van der Waals surface area contributed by atoms with Gasteiger partial charge >= 0.3 is 0 Å². The average Bonchev–Trinajstić information content (AvgIpc) is 3.78. The van der Waals surface area contributed by atoms with Crippen molar-refractivity contribution in [3.63, 3.8) is 0 Å². The van der Waals surface area contributed by atoms with E-state index in [-0.39, 0.29) is 22.8 Å². The van der Waals surface area contributed by atoms with Crippen LogP contribution in [0.5, 0.6) is 11.5 Å². The van der Waals surface area contributed by atoms with Gasteiger partial charge in [0.25, 0.3) is 0 Å². The smallest absolute Gasteiger partial charge is 0.137 e. The van der Waals surface area contributed by atoms with Gasteiger partial charge in [0.2, 0.25) is 0 Å². The maximum Gasteiger partial charge on any atom is 0.137 e. The quantitative estimate of drug-likeness (QED) is 0.156. The Balaban J connectivity index is 1.20. The van der Waals surface area contributed by atoms with Crippen molar-refractivity contribution in [2.24, 2.45) is 4.99 Å². The van der Waals surface area contributed by atoms with Gasteiger partial charge in [0.15, 0.2) is 0 Å². The Kier molecular flexibility index (Phi) is 9.71. The summed E-state index contributed by atoms with van der Waals surface area (Å²) in [7, 11) is 0. The first-order valence-electron chi connectivity index (χ1n) is 19.5. The maximum absolute atomic E-state index is 6.84. The van der Waals surface area contributed by atoms with Gasteiger partial charge in [-0.25, -0.2) is 4.98 Å². The van der Waals surface area contributed by atoms with Crippen LogP contribution in [0.2, 0.25) is 0 Å². The molecule has 0 radical (unpaired) electrons. The second-order valence-electron chi connectivity index (χ2n) is 17.3. The fourth-order valence-corrected chi connectivity index (χ4v) is 8.82. The van der Waals surface area contributed by atoms with Crippen LogP contribution in [0.4, 0.5) is 0 Å². The number of fused-ring (bicyclic) bond motifs is 3. The Labute approximate surface area is 330 Å². The van der Waals surface area contributed by atoms with Crippen molar-refractivity contribution in [2.45, 2.75) is 84.1 Å². The summed E-state index contributed by atoms with van der Waals surface area (Å²) in [5, 5.41) is 3.47. The highest BCUT2D eigenvalue weighted by molar-refractivity contribution is 8.14. The largest absolute Gasteiger partial charge is 0.457 e. The normalized spacial score (nSPS) is 15.0. The lowest BCUT2D eigenvalue weighted by Gasteiger charge is -2.22. The molecule has 0 saturated heterocycles. The van der Waals surface area contributed by atoms with Crippen molar-refractivity contribution in [1.82, 2.24) is 9.55 Å². The minimum absolute atomic E-state index is 0.00477. The Hall–Kier alpha value is -5.13. The van der Waals surface area contributed by atoms with E-state index in [2.05, 4.69) is 187 Å². The van der Waals surface area contributed by atoms with Crippen molar-refractivity contribution < 1.29 is 4.74 Å². The molecule has 0 bridgehead atoms. The SMILES string of the molecule is CC(C)c1cc(Oc2ccc3c4cc(C(C)(C)C)ccc4n(-c4cc(C(C)(C)C)ccn4)c3c2)cc(C2=N[C@H](C(c3ccccc3)c3ccccc3)CS2)c1. The van der Waals surface area contributed by atoms with Crippen LogP contribution in [-0.4, -0.2) is 26.4 Å². The first kappa shape index (κ1) is 36.8. The zero-order chi connectivity index (χ0) is 38.5. The Morgan fingerprint density at radius 2 is 1.31 bits per heavy atom. The fraction of sp³-hybridized carbons (Fsp3) is 0.280. The zero-order valence-corrected chi connectivity index (χ0v) is 34.1. The molecule has 0 spiro atoms. The van der Waals surface area contributed by atoms with Gasteiger partial charge in [-0.15, -0.1) is 11.8 Å². The highest BCUT2D eigenvalue weighted by Gasteiger charge is 2.30. The van der Waals surface area contributed by atoms with Crippen molar-refractivity contribution in [2.75, 3.05) is 5.75 Å². The molecule has 1 aliphatic heterocycles. The summed E-state index contributed by atoms with van der Waals surface area (Å²) in [4.78, 5) is 10.4. The van der Waals surface area contributed by atoms with Crippen molar-refractivity contribution in [3.05, 3.63) is 167 Å².